The van der Waals surface area contributed by atoms with Gasteiger partial charge in [-0.2, -0.15) is 0 Å². The third kappa shape index (κ3) is 4.23. The Labute approximate surface area is 147 Å². The standard InChI is InChI=1S/C16H22N4OS2/c1-21-13-4-2-3-12(9-13)17-15(22)19-20-16(23)18-14-8-10-5-6-11(14)7-10/h2-4,9-11,14H,5-8H2,1H3,(H2,17,19,22)(H2,18,20,23)/t10-,11-,14-/m1/s1. The number of nitrogens with one attached hydrogen (secondary N) is 4. The van der Waals surface area contributed by atoms with Crippen molar-refractivity contribution in [1.82, 2.24) is 16.2 Å². The smallest absolute Gasteiger partial charge is 0.189 e. The Balaban J connectivity index is 1.40. The fraction of sp³-hybridized carbons (Fsp3) is 0.500. The molecule has 3 rings (SSSR count). The molecule has 1 aromatic rings. The van der Waals surface area contributed by atoms with Crippen LogP contribution in [0.15, 0.2) is 24.3 Å². The van der Waals surface area contributed by atoms with Gasteiger partial charge >= 0.3 is 0 Å². The quantitative estimate of drug-likeness (QED) is 0.494. The van der Waals surface area contributed by atoms with Crippen molar-refractivity contribution in [3.8, 4) is 5.75 Å². The maximum Gasteiger partial charge on any atom is 0.189 e. The molecular weight excluding hydrogens is 328 g/mol. The van der Waals surface area contributed by atoms with E-state index in [0.29, 0.717) is 16.3 Å². The van der Waals surface area contributed by atoms with E-state index >= 15 is 0 Å². The average molecular weight is 351 g/mol. The highest BCUT2D eigenvalue weighted by molar-refractivity contribution is 7.80. The van der Waals surface area contributed by atoms with Crippen LogP contribution in [0.4, 0.5) is 5.69 Å². The monoisotopic (exact) mass is 350 g/mol. The van der Waals surface area contributed by atoms with Crippen LogP contribution >= 0.6 is 24.4 Å². The first-order valence-corrected chi connectivity index (χ1v) is 8.73. The van der Waals surface area contributed by atoms with Gasteiger partial charge in [-0.1, -0.05) is 12.5 Å². The SMILES string of the molecule is COc1cccc(NC(=S)NNC(=S)N[C@@H]2C[C@@H]3CC[C@@H]2C3)c1. The van der Waals surface area contributed by atoms with Crippen molar-refractivity contribution in [2.75, 3.05) is 12.4 Å². The molecule has 5 nitrogen and oxygen atoms in total. The zero-order valence-corrected chi connectivity index (χ0v) is 14.7. The second kappa shape index (κ2) is 7.31. The van der Waals surface area contributed by atoms with Crippen LogP contribution in [0.2, 0.25) is 0 Å². The van der Waals surface area contributed by atoms with E-state index in [1.165, 1.54) is 25.7 Å². The molecule has 23 heavy (non-hydrogen) atoms. The molecule has 0 spiro atoms. The second-order valence-electron chi connectivity index (χ2n) is 6.19. The minimum Gasteiger partial charge on any atom is -0.497 e. The van der Waals surface area contributed by atoms with Gasteiger partial charge in [0.25, 0.3) is 0 Å². The number of methoxy groups -OCH3 is 1. The van der Waals surface area contributed by atoms with E-state index in [9.17, 15) is 0 Å². The van der Waals surface area contributed by atoms with Crippen molar-refractivity contribution >= 4 is 40.3 Å². The van der Waals surface area contributed by atoms with Crippen LogP contribution in [0, 0.1) is 11.8 Å². The van der Waals surface area contributed by atoms with E-state index in [4.69, 9.17) is 29.2 Å². The van der Waals surface area contributed by atoms with Gasteiger partial charge in [-0.25, -0.2) is 0 Å². The maximum atomic E-state index is 5.34. The van der Waals surface area contributed by atoms with Gasteiger partial charge in [0.2, 0.25) is 0 Å². The van der Waals surface area contributed by atoms with Gasteiger partial charge in [-0.05, 0) is 67.7 Å². The van der Waals surface area contributed by atoms with Gasteiger partial charge < -0.3 is 15.4 Å². The molecule has 3 atom stereocenters. The van der Waals surface area contributed by atoms with Gasteiger partial charge in [0.05, 0.1) is 7.11 Å². The molecule has 124 valence electrons. The minimum atomic E-state index is 0.454. The Morgan fingerprint density at radius 1 is 1.13 bits per heavy atom. The largest absolute Gasteiger partial charge is 0.497 e. The Morgan fingerprint density at radius 2 is 1.96 bits per heavy atom. The minimum absolute atomic E-state index is 0.454. The number of rotatable bonds is 3. The van der Waals surface area contributed by atoms with Crippen molar-refractivity contribution in [2.45, 2.75) is 31.7 Å². The van der Waals surface area contributed by atoms with Crippen molar-refractivity contribution in [3.05, 3.63) is 24.3 Å². The van der Waals surface area contributed by atoms with Crippen LogP contribution in [0.1, 0.15) is 25.7 Å². The Bertz CT molecular complexity index is 595. The Morgan fingerprint density at radius 3 is 2.65 bits per heavy atom. The zero-order valence-electron chi connectivity index (χ0n) is 13.1. The molecule has 0 aliphatic heterocycles. The van der Waals surface area contributed by atoms with Gasteiger partial charge in [0.15, 0.2) is 10.2 Å². The lowest BCUT2D eigenvalue weighted by Crippen LogP contribution is -2.51. The first-order chi connectivity index (χ1) is 11.1. The molecule has 0 heterocycles. The lowest BCUT2D eigenvalue weighted by Gasteiger charge is -2.24. The summed E-state index contributed by atoms with van der Waals surface area (Å²) in [6.07, 6.45) is 5.30. The number of benzene rings is 1. The molecule has 0 unspecified atom stereocenters. The first kappa shape index (κ1) is 16.3. The summed E-state index contributed by atoms with van der Waals surface area (Å²) in [4.78, 5) is 0. The van der Waals surface area contributed by atoms with Crippen molar-refractivity contribution in [2.24, 2.45) is 11.8 Å². The fourth-order valence-electron chi connectivity index (χ4n) is 3.60. The van der Waals surface area contributed by atoms with E-state index in [0.717, 1.165) is 23.3 Å². The summed E-state index contributed by atoms with van der Waals surface area (Å²) in [7, 11) is 1.64. The second-order valence-corrected chi connectivity index (χ2v) is 7.01. The highest BCUT2D eigenvalue weighted by atomic mass is 32.1. The van der Waals surface area contributed by atoms with Crippen LogP contribution in [-0.4, -0.2) is 23.4 Å². The van der Waals surface area contributed by atoms with E-state index < -0.39 is 0 Å². The zero-order chi connectivity index (χ0) is 16.2. The van der Waals surface area contributed by atoms with Crippen LogP contribution in [0.3, 0.4) is 0 Å². The molecule has 2 bridgehead atoms. The summed E-state index contributed by atoms with van der Waals surface area (Å²) < 4.78 is 5.18. The third-order valence-corrected chi connectivity index (χ3v) is 5.10. The van der Waals surface area contributed by atoms with Gasteiger partial charge in [0, 0.05) is 17.8 Å². The topological polar surface area (TPSA) is 57.4 Å². The summed E-state index contributed by atoms with van der Waals surface area (Å²) in [5.74, 6) is 2.45. The molecule has 7 heteroatoms. The molecule has 0 amide bonds. The number of ether oxygens (including phenoxy) is 1. The molecule has 0 radical (unpaired) electrons. The maximum absolute atomic E-state index is 5.34. The van der Waals surface area contributed by atoms with Crippen molar-refractivity contribution in [3.63, 3.8) is 0 Å². The normalized spacial score (nSPS) is 24.8. The van der Waals surface area contributed by atoms with Crippen LogP contribution in [0.5, 0.6) is 5.75 Å². The summed E-state index contributed by atoms with van der Waals surface area (Å²) in [5.41, 5.74) is 6.72. The number of hydrogen-bond donors (Lipinski definition) is 4. The first-order valence-electron chi connectivity index (χ1n) is 7.91. The van der Waals surface area contributed by atoms with Crippen LogP contribution < -0.4 is 26.2 Å². The highest BCUT2D eigenvalue weighted by Gasteiger charge is 2.39. The van der Waals surface area contributed by atoms with E-state index in [1.807, 2.05) is 24.3 Å². The van der Waals surface area contributed by atoms with Gasteiger partial charge in [-0.15, -0.1) is 0 Å². The molecule has 4 N–H and O–H groups in total. The molecule has 0 saturated heterocycles. The predicted molar refractivity (Wildman–Crippen MR) is 100 cm³/mol. The van der Waals surface area contributed by atoms with Gasteiger partial charge in [0.1, 0.15) is 5.75 Å². The number of hydrazine groups is 1. The van der Waals surface area contributed by atoms with Crippen molar-refractivity contribution < 1.29 is 4.74 Å². The molecule has 0 aromatic heterocycles. The Hall–Kier alpha value is -1.60. The molecule has 2 aliphatic carbocycles. The number of thiocarbonyl (C=S) groups is 2. The molecule has 2 saturated carbocycles. The summed E-state index contributed by atoms with van der Waals surface area (Å²) in [5, 5.41) is 7.53. The predicted octanol–water partition coefficient (Wildman–Crippen LogP) is 2.55. The number of hydrogen-bond acceptors (Lipinski definition) is 3. The molecular formula is C16H22N4OS2. The lowest BCUT2D eigenvalue weighted by atomic mass is 9.96. The number of fused-ring (bicyclic) bond motifs is 2. The summed E-state index contributed by atoms with van der Waals surface area (Å²) >= 11 is 10.6. The fourth-order valence-corrected chi connectivity index (χ4v) is 3.97. The average Bonchev–Trinajstić information content (AvgIpc) is 3.16. The van der Waals surface area contributed by atoms with Gasteiger partial charge in [-0.3, -0.25) is 10.9 Å². The third-order valence-electron chi connectivity index (χ3n) is 4.67. The van der Waals surface area contributed by atoms with E-state index in [-0.39, 0.29) is 0 Å². The summed E-state index contributed by atoms with van der Waals surface area (Å²) in [6.45, 7) is 0. The van der Waals surface area contributed by atoms with E-state index in [2.05, 4.69) is 21.5 Å². The molecule has 2 aliphatic rings. The lowest BCUT2D eigenvalue weighted by molar-refractivity contribution is 0.389. The van der Waals surface area contributed by atoms with E-state index in [1.54, 1.807) is 7.11 Å². The summed E-state index contributed by atoms with van der Waals surface area (Å²) in [6, 6.07) is 8.09. The molecule has 2 fully saturated rings. The highest BCUT2D eigenvalue weighted by Crippen LogP contribution is 2.44. The molecule has 1 aromatic carbocycles. The Kier molecular flexibility index (Phi) is 5.17. The van der Waals surface area contributed by atoms with Crippen LogP contribution in [0.25, 0.3) is 0 Å². The van der Waals surface area contributed by atoms with Crippen LogP contribution in [-0.2, 0) is 0 Å². The van der Waals surface area contributed by atoms with Crippen molar-refractivity contribution in [1.29, 1.82) is 0 Å². The number of anilines is 1.